The zero-order valence-corrected chi connectivity index (χ0v) is 18.8. The van der Waals surface area contributed by atoms with Crippen LogP contribution in [0.15, 0.2) is 54.6 Å². The molecule has 3 heterocycles. The molecule has 2 amide bonds. The van der Waals surface area contributed by atoms with Crippen LogP contribution in [0.25, 0.3) is 10.9 Å². The molecular weight excluding hydrogens is 424 g/mol. The van der Waals surface area contributed by atoms with E-state index in [1.165, 1.54) is 10.9 Å². The molecule has 0 bridgehead atoms. The van der Waals surface area contributed by atoms with Gasteiger partial charge in [0, 0.05) is 55.2 Å². The van der Waals surface area contributed by atoms with Crippen LogP contribution in [0.1, 0.15) is 12.0 Å². The number of aryl methyl sites for hydroxylation is 1. The van der Waals surface area contributed by atoms with Gasteiger partial charge >= 0.3 is 0 Å². The Labute approximate surface area is 192 Å². The minimum absolute atomic E-state index is 0.0138. The highest BCUT2D eigenvalue weighted by molar-refractivity contribution is 6.30. The molecule has 0 spiro atoms. The predicted molar refractivity (Wildman–Crippen MR) is 127 cm³/mol. The number of halogens is 1. The Hall–Kier alpha value is -3.12. The van der Waals surface area contributed by atoms with Gasteiger partial charge in [-0.25, -0.2) is 4.98 Å². The third-order valence-electron chi connectivity index (χ3n) is 6.44. The first-order valence-electron chi connectivity index (χ1n) is 11.0. The van der Waals surface area contributed by atoms with Crippen LogP contribution in [0, 0.1) is 12.8 Å². The molecule has 1 aromatic heterocycles. The second-order valence-electron chi connectivity index (χ2n) is 8.51. The summed E-state index contributed by atoms with van der Waals surface area (Å²) in [5.74, 6) is 0.710. The molecule has 164 valence electrons. The molecule has 5 rings (SSSR count). The number of aromatic nitrogens is 1. The molecular formula is C25H25ClN4O2. The number of para-hydroxylation sites is 1. The van der Waals surface area contributed by atoms with Gasteiger partial charge in [-0.15, -0.1) is 0 Å². The van der Waals surface area contributed by atoms with Gasteiger partial charge in [0.05, 0.1) is 11.4 Å². The summed E-state index contributed by atoms with van der Waals surface area (Å²) >= 11 is 5.96. The molecule has 32 heavy (non-hydrogen) atoms. The normalized spacial score (nSPS) is 19.1. The maximum absolute atomic E-state index is 13.1. The van der Waals surface area contributed by atoms with Crippen molar-refractivity contribution in [1.29, 1.82) is 0 Å². The Morgan fingerprint density at radius 2 is 1.75 bits per heavy atom. The summed E-state index contributed by atoms with van der Waals surface area (Å²) in [5.41, 5.74) is 2.99. The molecule has 6 nitrogen and oxygen atoms in total. The lowest BCUT2D eigenvalue weighted by Crippen LogP contribution is -2.51. The van der Waals surface area contributed by atoms with Crippen LogP contribution in [0.3, 0.4) is 0 Å². The number of carbonyl (C=O) groups excluding carboxylic acids is 2. The lowest BCUT2D eigenvalue weighted by Gasteiger charge is -2.36. The number of rotatable bonds is 3. The van der Waals surface area contributed by atoms with Crippen molar-refractivity contribution in [2.45, 2.75) is 13.3 Å². The Balaban J connectivity index is 1.23. The van der Waals surface area contributed by atoms with Crippen LogP contribution in [-0.2, 0) is 9.59 Å². The highest BCUT2D eigenvalue weighted by Gasteiger charge is 2.38. The van der Waals surface area contributed by atoms with Crippen molar-refractivity contribution in [3.05, 3.63) is 65.2 Å². The molecule has 2 aliphatic heterocycles. The summed E-state index contributed by atoms with van der Waals surface area (Å²) in [7, 11) is 0. The van der Waals surface area contributed by atoms with Gasteiger partial charge in [-0.2, -0.15) is 0 Å². The Kier molecular flexibility index (Phi) is 5.47. The van der Waals surface area contributed by atoms with E-state index in [0.717, 1.165) is 30.1 Å². The predicted octanol–water partition coefficient (Wildman–Crippen LogP) is 3.90. The first-order chi connectivity index (χ1) is 15.5. The van der Waals surface area contributed by atoms with Crippen molar-refractivity contribution in [2.75, 3.05) is 42.5 Å². The van der Waals surface area contributed by atoms with Crippen molar-refractivity contribution in [2.24, 2.45) is 5.92 Å². The fourth-order valence-corrected chi connectivity index (χ4v) is 4.78. The molecule has 2 aromatic carbocycles. The van der Waals surface area contributed by atoms with E-state index in [1.54, 1.807) is 17.0 Å². The number of fused-ring (bicyclic) bond motifs is 1. The van der Waals surface area contributed by atoms with Crippen molar-refractivity contribution in [1.82, 2.24) is 9.88 Å². The molecule has 0 aliphatic carbocycles. The van der Waals surface area contributed by atoms with Crippen LogP contribution < -0.4 is 9.80 Å². The van der Waals surface area contributed by atoms with E-state index in [-0.39, 0.29) is 24.2 Å². The second-order valence-corrected chi connectivity index (χ2v) is 8.95. The van der Waals surface area contributed by atoms with Crippen LogP contribution >= 0.6 is 11.6 Å². The number of anilines is 2. The first kappa shape index (κ1) is 20.8. The number of carbonyl (C=O) groups is 2. The summed E-state index contributed by atoms with van der Waals surface area (Å²) in [4.78, 5) is 36.3. The van der Waals surface area contributed by atoms with Gasteiger partial charge in [0.25, 0.3) is 0 Å². The largest absolute Gasteiger partial charge is 0.353 e. The molecule has 1 unspecified atom stereocenters. The summed E-state index contributed by atoms with van der Waals surface area (Å²) in [5, 5.41) is 1.79. The van der Waals surface area contributed by atoms with Crippen LogP contribution in [0.2, 0.25) is 5.02 Å². The molecule has 0 radical (unpaired) electrons. The van der Waals surface area contributed by atoms with Gasteiger partial charge in [-0.05, 0) is 48.9 Å². The zero-order valence-electron chi connectivity index (χ0n) is 18.0. The van der Waals surface area contributed by atoms with E-state index in [0.29, 0.717) is 24.7 Å². The zero-order chi connectivity index (χ0) is 22.2. The minimum atomic E-state index is -0.300. The highest BCUT2D eigenvalue weighted by atomic mass is 35.5. The van der Waals surface area contributed by atoms with Gasteiger partial charge in [0.1, 0.15) is 5.82 Å². The van der Waals surface area contributed by atoms with E-state index in [2.05, 4.69) is 24.0 Å². The SMILES string of the molecule is Cc1cc(N2CCN(C(=O)C3CC(=O)N(c4ccc(Cl)cc4)C3)CC2)nc2ccccc12. The summed E-state index contributed by atoms with van der Waals surface area (Å²) in [6.45, 7) is 5.27. The number of hydrogen-bond acceptors (Lipinski definition) is 4. The summed E-state index contributed by atoms with van der Waals surface area (Å²) in [6, 6.07) is 17.5. The first-order valence-corrected chi connectivity index (χ1v) is 11.3. The summed E-state index contributed by atoms with van der Waals surface area (Å²) < 4.78 is 0. The summed E-state index contributed by atoms with van der Waals surface area (Å²) in [6.07, 6.45) is 0.257. The molecule has 1 atom stereocenters. The molecule has 3 aromatic rings. The number of pyridine rings is 1. The van der Waals surface area contributed by atoms with Crippen LogP contribution in [0.5, 0.6) is 0 Å². The number of hydrogen-bond donors (Lipinski definition) is 0. The van der Waals surface area contributed by atoms with Gasteiger partial charge < -0.3 is 14.7 Å². The van der Waals surface area contributed by atoms with Gasteiger partial charge in [0.15, 0.2) is 0 Å². The molecule has 2 aliphatic rings. The number of benzene rings is 2. The average Bonchev–Trinajstić information content (AvgIpc) is 3.21. The van der Waals surface area contributed by atoms with Crippen molar-refractivity contribution in [3.63, 3.8) is 0 Å². The Morgan fingerprint density at radius 3 is 2.50 bits per heavy atom. The molecule has 2 fully saturated rings. The fourth-order valence-electron chi connectivity index (χ4n) is 4.65. The monoisotopic (exact) mass is 448 g/mol. The minimum Gasteiger partial charge on any atom is -0.353 e. The lowest BCUT2D eigenvalue weighted by atomic mass is 10.1. The maximum atomic E-state index is 13.1. The van der Waals surface area contributed by atoms with Crippen LogP contribution in [-0.4, -0.2) is 54.4 Å². The van der Waals surface area contributed by atoms with Crippen LogP contribution in [0.4, 0.5) is 11.5 Å². The van der Waals surface area contributed by atoms with Crippen molar-refractivity contribution >= 4 is 45.8 Å². The van der Waals surface area contributed by atoms with E-state index >= 15 is 0 Å². The topological polar surface area (TPSA) is 56.8 Å². The van der Waals surface area contributed by atoms with E-state index in [1.807, 2.05) is 35.2 Å². The molecule has 2 saturated heterocycles. The number of nitrogens with zero attached hydrogens (tertiary/aromatic N) is 4. The standard InChI is InChI=1S/C25H25ClN4O2/c1-17-14-23(27-22-5-3-2-4-21(17)22)28-10-12-29(13-11-28)25(32)18-15-24(31)30(16-18)20-8-6-19(26)7-9-20/h2-9,14,18H,10-13,15-16H2,1H3. The lowest BCUT2D eigenvalue weighted by molar-refractivity contribution is -0.136. The van der Waals surface area contributed by atoms with E-state index in [4.69, 9.17) is 16.6 Å². The van der Waals surface area contributed by atoms with Gasteiger partial charge in [-0.1, -0.05) is 29.8 Å². The van der Waals surface area contributed by atoms with Crippen molar-refractivity contribution < 1.29 is 9.59 Å². The number of amides is 2. The third kappa shape index (κ3) is 3.91. The smallest absolute Gasteiger partial charge is 0.228 e. The number of piperazine rings is 1. The maximum Gasteiger partial charge on any atom is 0.228 e. The quantitative estimate of drug-likeness (QED) is 0.609. The van der Waals surface area contributed by atoms with E-state index < -0.39 is 0 Å². The average molecular weight is 449 g/mol. The molecule has 7 heteroatoms. The van der Waals surface area contributed by atoms with E-state index in [9.17, 15) is 9.59 Å². The molecule has 0 saturated carbocycles. The van der Waals surface area contributed by atoms with Gasteiger partial charge in [0.2, 0.25) is 11.8 Å². The third-order valence-corrected chi connectivity index (χ3v) is 6.69. The Bertz CT molecular complexity index is 1170. The fraction of sp³-hybridized carbons (Fsp3) is 0.320. The second kappa shape index (κ2) is 8.43. The highest BCUT2D eigenvalue weighted by Crippen LogP contribution is 2.28. The molecule has 0 N–H and O–H groups in total. The van der Waals surface area contributed by atoms with Gasteiger partial charge in [-0.3, -0.25) is 9.59 Å². The van der Waals surface area contributed by atoms with Crippen molar-refractivity contribution in [3.8, 4) is 0 Å². The Morgan fingerprint density at radius 1 is 1.03 bits per heavy atom.